The van der Waals surface area contributed by atoms with Crippen molar-refractivity contribution in [2.24, 2.45) is 7.05 Å². The van der Waals surface area contributed by atoms with E-state index in [-0.39, 0.29) is 0 Å². The second-order valence-electron chi connectivity index (χ2n) is 4.05. The molecule has 2 heteroatoms. The third-order valence-electron chi connectivity index (χ3n) is 2.81. The highest BCUT2D eigenvalue weighted by Crippen LogP contribution is 2.21. The minimum Gasteiger partial charge on any atom is -0.327 e. The lowest BCUT2D eigenvalue weighted by Crippen LogP contribution is -1.95. The Morgan fingerprint density at radius 3 is 2.76 bits per heavy atom. The molecule has 0 aliphatic heterocycles. The van der Waals surface area contributed by atoms with Crippen molar-refractivity contribution >= 4 is 16.6 Å². The fourth-order valence-electron chi connectivity index (χ4n) is 1.93. The van der Waals surface area contributed by atoms with Gasteiger partial charge in [-0.05, 0) is 24.6 Å². The first kappa shape index (κ1) is 11.4. The minimum absolute atomic E-state index is 0.917. The van der Waals surface area contributed by atoms with E-state index in [0.29, 0.717) is 0 Å². The molecule has 0 saturated carbocycles. The molecule has 0 spiro atoms. The molecular formula is C15H16N2. The molecule has 0 saturated heterocycles. The summed E-state index contributed by atoms with van der Waals surface area (Å²) < 4.78 is 2.08. The first-order valence-electron chi connectivity index (χ1n) is 5.56. The van der Waals surface area contributed by atoms with E-state index in [1.807, 2.05) is 13.1 Å². The highest BCUT2D eigenvalue weighted by Gasteiger charge is 2.09. The van der Waals surface area contributed by atoms with Crippen LogP contribution < -0.4 is 0 Å². The molecule has 2 nitrogen and oxygen atoms in total. The minimum atomic E-state index is 0.917. The van der Waals surface area contributed by atoms with Gasteiger partial charge in [0.1, 0.15) is 5.82 Å². The molecule has 1 aromatic heterocycles. The van der Waals surface area contributed by atoms with Gasteiger partial charge in [-0.3, -0.25) is 0 Å². The number of rotatable bonds is 3. The number of fused-ring (bicyclic) bond motifs is 1. The molecule has 0 bridgehead atoms. The molecule has 1 heterocycles. The molecular weight excluding hydrogens is 208 g/mol. The quantitative estimate of drug-likeness (QED) is 0.728. The molecule has 0 aliphatic carbocycles. The molecule has 17 heavy (non-hydrogen) atoms. The number of hydrogen-bond acceptors (Lipinski definition) is 1. The van der Waals surface area contributed by atoms with Gasteiger partial charge < -0.3 is 4.57 Å². The Kier molecular flexibility index (Phi) is 2.96. The van der Waals surface area contributed by atoms with Crippen LogP contribution in [0.2, 0.25) is 0 Å². The maximum absolute atomic E-state index is 4.64. The van der Waals surface area contributed by atoms with E-state index >= 15 is 0 Å². The zero-order valence-corrected chi connectivity index (χ0v) is 10.3. The normalized spacial score (nSPS) is 11.8. The highest BCUT2D eigenvalue weighted by atomic mass is 15.1. The van der Waals surface area contributed by atoms with E-state index < -0.39 is 0 Å². The van der Waals surface area contributed by atoms with E-state index in [9.17, 15) is 0 Å². The molecule has 86 valence electrons. The number of aryl methyl sites for hydroxylation is 2. The van der Waals surface area contributed by atoms with Crippen LogP contribution in [0.4, 0.5) is 0 Å². The largest absolute Gasteiger partial charge is 0.327 e. The van der Waals surface area contributed by atoms with Crippen molar-refractivity contribution in [1.82, 2.24) is 9.55 Å². The van der Waals surface area contributed by atoms with Crippen LogP contribution in [-0.2, 0) is 7.05 Å². The summed E-state index contributed by atoms with van der Waals surface area (Å²) in [6, 6.07) is 6.28. The highest BCUT2D eigenvalue weighted by molar-refractivity contribution is 5.82. The summed E-state index contributed by atoms with van der Waals surface area (Å²) in [5.41, 5.74) is 4.34. The van der Waals surface area contributed by atoms with Crippen LogP contribution in [0.3, 0.4) is 0 Å². The van der Waals surface area contributed by atoms with E-state index in [4.69, 9.17) is 0 Å². The summed E-state index contributed by atoms with van der Waals surface area (Å²) in [6.07, 6.45) is 5.47. The van der Waals surface area contributed by atoms with Crippen molar-refractivity contribution in [2.45, 2.75) is 6.92 Å². The third-order valence-corrected chi connectivity index (χ3v) is 2.81. The molecule has 0 amide bonds. The van der Waals surface area contributed by atoms with Crippen LogP contribution in [0.15, 0.2) is 49.6 Å². The molecule has 2 rings (SSSR count). The summed E-state index contributed by atoms with van der Waals surface area (Å²) in [5.74, 6) is 0.917. The van der Waals surface area contributed by atoms with Crippen LogP contribution >= 0.6 is 0 Å². The topological polar surface area (TPSA) is 17.8 Å². The van der Waals surface area contributed by atoms with Crippen LogP contribution in [0, 0.1) is 6.92 Å². The van der Waals surface area contributed by atoms with Crippen LogP contribution in [-0.4, -0.2) is 9.55 Å². The Bertz CT molecular complexity index is 615. The molecule has 0 unspecified atom stereocenters. The average Bonchev–Trinajstić information content (AvgIpc) is 2.63. The van der Waals surface area contributed by atoms with Gasteiger partial charge in [-0.1, -0.05) is 37.5 Å². The SMILES string of the molecule is C=C/C=C(\C=C)c1nc2cc(C)ccc2n1C. The zero-order valence-electron chi connectivity index (χ0n) is 10.3. The Morgan fingerprint density at radius 1 is 1.35 bits per heavy atom. The monoisotopic (exact) mass is 224 g/mol. The number of benzene rings is 1. The lowest BCUT2D eigenvalue weighted by Gasteiger charge is -2.02. The number of hydrogen-bond donors (Lipinski definition) is 0. The first-order valence-corrected chi connectivity index (χ1v) is 5.56. The lowest BCUT2D eigenvalue weighted by molar-refractivity contribution is 0.924. The van der Waals surface area contributed by atoms with E-state index in [1.165, 1.54) is 5.56 Å². The summed E-state index contributed by atoms with van der Waals surface area (Å²) in [4.78, 5) is 4.64. The van der Waals surface area contributed by atoms with Gasteiger partial charge in [-0.15, -0.1) is 0 Å². The van der Waals surface area contributed by atoms with Crippen molar-refractivity contribution in [3.63, 3.8) is 0 Å². The van der Waals surface area contributed by atoms with Gasteiger partial charge >= 0.3 is 0 Å². The first-order chi connectivity index (χ1) is 8.17. The van der Waals surface area contributed by atoms with Gasteiger partial charge in [0.05, 0.1) is 11.0 Å². The van der Waals surface area contributed by atoms with Gasteiger partial charge in [0.25, 0.3) is 0 Å². The van der Waals surface area contributed by atoms with Crippen LogP contribution in [0.25, 0.3) is 16.6 Å². The molecule has 0 radical (unpaired) electrons. The van der Waals surface area contributed by atoms with Gasteiger partial charge in [0, 0.05) is 12.6 Å². The van der Waals surface area contributed by atoms with Crippen molar-refractivity contribution < 1.29 is 0 Å². The van der Waals surface area contributed by atoms with Crippen molar-refractivity contribution in [3.05, 3.63) is 61.0 Å². The number of nitrogens with zero attached hydrogens (tertiary/aromatic N) is 2. The van der Waals surface area contributed by atoms with Crippen LogP contribution in [0.1, 0.15) is 11.4 Å². The van der Waals surface area contributed by atoms with E-state index in [2.05, 4.69) is 47.8 Å². The Morgan fingerprint density at radius 2 is 2.12 bits per heavy atom. The Balaban J connectivity index is 2.71. The maximum atomic E-state index is 4.64. The second kappa shape index (κ2) is 4.42. The zero-order chi connectivity index (χ0) is 12.4. The second-order valence-corrected chi connectivity index (χ2v) is 4.05. The lowest BCUT2D eigenvalue weighted by atomic mass is 10.2. The smallest absolute Gasteiger partial charge is 0.140 e. The Labute approximate surface area is 102 Å². The summed E-state index contributed by atoms with van der Waals surface area (Å²) >= 11 is 0. The fourth-order valence-corrected chi connectivity index (χ4v) is 1.93. The summed E-state index contributed by atoms with van der Waals surface area (Å²) in [6.45, 7) is 9.60. The summed E-state index contributed by atoms with van der Waals surface area (Å²) in [7, 11) is 2.01. The third kappa shape index (κ3) is 1.94. The van der Waals surface area contributed by atoms with Crippen molar-refractivity contribution in [3.8, 4) is 0 Å². The standard InChI is InChI=1S/C15H16N2/c1-5-7-12(6-2)15-16-13-10-11(3)8-9-14(13)17(15)4/h5-10H,1-2H2,3-4H3/b12-7+. The van der Waals surface area contributed by atoms with Crippen molar-refractivity contribution in [1.29, 1.82) is 0 Å². The number of imidazole rings is 1. The van der Waals surface area contributed by atoms with E-state index in [1.54, 1.807) is 12.2 Å². The molecule has 0 atom stereocenters. The van der Waals surface area contributed by atoms with Crippen molar-refractivity contribution in [2.75, 3.05) is 0 Å². The number of allylic oxidation sites excluding steroid dienone is 4. The maximum Gasteiger partial charge on any atom is 0.140 e. The Hall–Kier alpha value is -2.09. The van der Waals surface area contributed by atoms with Gasteiger partial charge in [0.2, 0.25) is 0 Å². The number of aromatic nitrogens is 2. The molecule has 1 aromatic carbocycles. The molecule has 0 fully saturated rings. The predicted molar refractivity (Wildman–Crippen MR) is 73.8 cm³/mol. The van der Waals surface area contributed by atoms with Crippen LogP contribution in [0.5, 0.6) is 0 Å². The molecule has 2 aromatic rings. The average molecular weight is 224 g/mol. The van der Waals surface area contributed by atoms with E-state index in [0.717, 1.165) is 22.4 Å². The van der Waals surface area contributed by atoms with Gasteiger partial charge in [-0.2, -0.15) is 0 Å². The summed E-state index contributed by atoms with van der Waals surface area (Å²) in [5, 5.41) is 0. The fraction of sp³-hybridized carbons (Fsp3) is 0.133. The predicted octanol–water partition coefficient (Wildman–Crippen LogP) is 3.64. The molecule has 0 aliphatic rings. The van der Waals surface area contributed by atoms with Gasteiger partial charge in [-0.25, -0.2) is 4.98 Å². The van der Waals surface area contributed by atoms with Gasteiger partial charge in [0.15, 0.2) is 0 Å². The molecule has 0 N–H and O–H groups in total.